The van der Waals surface area contributed by atoms with Crippen LogP contribution in [-0.4, -0.2) is 11.8 Å². The fourth-order valence-electron chi connectivity index (χ4n) is 5.37. The van der Waals surface area contributed by atoms with Crippen molar-refractivity contribution in [3.63, 3.8) is 0 Å². The number of fused-ring (bicyclic) bond motifs is 1. The molecule has 1 aliphatic heterocycles. The molecule has 198 valence electrons. The van der Waals surface area contributed by atoms with Crippen molar-refractivity contribution in [1.82, 2.24) is 5.32 Å². The molecule has 11 heteroatoms. The van der Waals surface area contributed by atoms with Crippen LogP contribution in [-0.2, 0) is 16.4 Å². The average Bonchev–Trinajstić information content (AvgIpc) is 3.46. The number of nitrogens with one attached hydrogen (secondary N) is 2. The number of alkyl halides is 3. The highest BCUT2D eigenvalue weighted by Crippen LogP contribution is 2.46. The number of halogens is 7. The molecule has 4 nitrogen and oxygen atoms in total. The zero-order chi connectivity index (χ0) is 27.4. The van der Waals surface area contributed by atoms with Gasteiger partial charge in [-0.05, 0) is 66.9 Å². The lowest BCUT2D eigenvalue weighted by Gasteiger charge is -2.30. The Labute approximate surface area is 227 Å². The fourth-order valence-corrected chi connectivity index (χ4v) is 6.05. The number of benzene rings is 3. The molecule has 3 aromatic rings. The van der Waals surface area contributed by atoms with E-state index < -0.39 is 46.6 Å². The van der Waals surface area contributed by atoms with E-state index in [-0.39, 0.29) is 40.2 Å². The molecule has 0 bridgehead atoms. The number of carbonyl (C=O) groups excluding carboxylic acids is 2. The van der Waals surface area contributed by atoms with E-state index in [0.29, 0.717) is 28.9 Å². The van der Waals surface area contributed by atoms with Gasteiger partial charge in [-0.1, -0.05) is 40.4 Å². The summed E-state index contributed by atoms with van der Waals surface area (Å²) in [5, 5.41) is 5.74. The zero-order valence-electron chi connectivity index (χ0n) is 19.5. The number of carbonyl (C=O) groups is 2. The second-order valence-corrected chi connectivity index (χ2v) is 10.8. The second-order valence-electron chi connectivity index (χ2n) is 9.46. The maximum absolute atomic E-state index is 14.3. The predicted molar refractivity (Wildman–Crippen MR) is 135 cm³/mol. The molecule has 2 amide bonds. The summed E-state index contributed by atoms with van der Waals surface area (Å²) < 4.78 is 69.2. The summed E-state index contributed by atoms with van der Waals surface area (Å²) in [6, 6.07) is 8.08. The van der Waals surface area contributed by atoms with Crippen LogP contribution in [0.2, 0.25) is 5.02 Å². The van der Waals surface area contributed by atoms with Crippen molar-refractivity contribution in [2.45, 2.75) is 43.3 Å². The summed E-state index contributed by atoms with van der Waals surface area (Å²) in [6.45, 7) is 0. The number of anilines is 1. The lowest BCUT2D eigenvalue weighted by Crippen LogP contribution is -2.38. The third-order valence-corrected chi connectivity index (χ3v) is 7.94. The lowest BCUT2D eigenvalue weighted by atomic mass is 9.77. The van der Waals surface area contributed by atoms with Gasteiger partial charge in [-0.25, -0.2) is 8.78 Å². The van der Waals surface area contributed by atoms with Gasteiger partial charge in [-0.3, -0.25) is 9.59 Å². The minimum absolute atomic E-state index is 0.0645. The molecule has 1 atom stereocenters. The van der Waals surface area contributed by atoms with E-state index >= 15 is 0 Å². The third kappa shape index (κ3) is 4.68. The summed E-state index contributed by atoms with van der Waals surface area (Å²) in [7, 11) is 0. The fraction of sp³-hybridized carbons (Fsp3) is 0.259. The second kappa shape index (κ2) is 9.64. The van der Waals surface area contributed by atoms with E-state index in [1.165, 1.54) is 18.2 Å². The summed E-state index contributed by atoms with van der Waals surface area (Å²) >= 11 is 9.64. The first-order valence-corrected chi connectivity index (χ1v) is 12.9. The van der Waals surface area contributed by atoms with Crippen LogP contribution in [0.4, 0.5) is 27.6 Å². The first-order chi connectivity index (χ1) is 17.9. The van der Waals surface area contributed by atoms with E-state index in [2.05, 4.69) is 26.6 Å². The van der Waals surface area contributed by atoms with Crippen molar-refractivity contribution in [3.8, 4) is 0 Å². The number of amides is 2. The topological polar surface area (TPSA) is 58.2 Å². The third-order valence-electron chi connectivity index (χ3n) is 7.14. The van der Waals surface area contributed by atoms with E-state index in [4.69, 9.17) is 11.6 Å². The van der Waals surface area contributed by atoms with Crippen LogP contribution < -0.4 is 10.6 Å². The molecule has 0 unspecified atom stereocenters. The van der Waals surface area contributed by atoms with Crippen LogP contribution in [0.5, 0.6) is 0 Å². The Morgan fingerprint density at radius 3 is 2.42 bits per heavy atom. The van der Waals surface area contributed by atoms with E-state index in [1.807, 2.05) is 0 Å². The molecule has 0 spiro atoms. The smallest absolute Gasteiger partial charge is 0.341 e. The maximum Gasteiger partial charge on any atom is 0.416 e. The van der Waals surface area contributed by atoms with Gasteiger partial charge in [0.15, 0.2) is 0 Å². The Morgan fingerprint density at radius 1 is 1.03 bits per heavy atom. The molecule has 2 N–H and O–H groups in total. The molecule has 38 heavy (non-hydrogen) atoms. The highest BCUT2D eigenvalue weighted by atomic mass is 79.9. The van der Waals surface area contributed by atoms with Crippen LogP contribution >= 0.6 is 27.5 Å². The first kappa shape index (κ1) is 26.6. The van der Waals surface area contributed by atoms with Gasteiger partial charge in [0, 0.05) is 31.9 Å². The van der Waals surface area contributed by atoms with Gasteiger partial charge < -0.3 is 10.6 Å². The van der Waals surface area contributed by atoms with Crippen molar-refractivity contribution in [2.24, 2.45) is 0 Å². The van der Waals surface area contributed by atoms with Crippen molar-refractivity contribution < 1.29 is 31.5 Å². The molecule has 1 saturated carbocycles. The summed E-state index contributed by atoms with van der Waals surface area (Å²) in [5.74, 6) is -2.77. The summed E-state index contributed by atoms with van der Waals surface area (Å²) in [4.78, 5) is 26.7. The summed E-state index contributed by atoms with van der Waals surface area (Å²) in [6.07, 6.45) is -3.24. The van der Waals surface area contributed by atoms with E-state index in [9.17, 15) is 31.5 Å². The van der Waals surface area contributed by atoms with E-state index in [0.717, 1.165) is 12.1 Å². The number of hydrogen-bond acceptors (Lipinski definition) is 2. The average molecular weight is 614 g/mol. The minimum atomic E-state index is -4.79. The van der Waals surface area contributed by atoms with Crippen molar-refractivity contribution in [2.75, 3.05) is 5.32 Å². The molecular formula is C27H19BrClF5N2O2. The lowest BCUT2D eigenvalue weighted by molar-refractivity contribution is -0.138. The van der Waals surface area contributed by atoms with Crippen LogP contribution in [0.25, 0.3) is 0 Å². The Hall–Kier alpha value is -2.98. The van der Waals surface area contributed by atoms with Gasteiger partial charge in [0.25, 0.3) is 5.91 Å². The van der Waals surface area contributed by atoms with Gasteiger partial charge in [0.1, 0.15) is 11.6 Å². The molecule has 0 aromatic heterocycles. The Bertz CT molecular complexity index is 1470. The Balaban J connectivity index is 1.60. The van der Waals surface area contributed by atoms with Gasteiger partial charge >= 0.3 is 6.18 Å². The summed E-state index contributed by atoms with van der Waals surface area (Å²) in [5.41, 5.74) is -1.64. The highest BCUT2D eigenvalue weighted by Gasteiger charge is 2.45. The SMILES string of the molecule is O=C1N[C@H](c2cc(F)ccc2Cl)c2c(NC(=O)C3(c4cc(F)cc(C(F)(F)F)c4)CCCC3)cc(Br)cc21. The van der Waals surface area contributed by atoms with Crippen molar-refractivity contribution in [3.05, 3.63) is 97.5 Å². The van der Waals surface area contributed by atoms with Gasteiger partial charge in [0.2, 0.25) is 5.91 Å². The molecular weight excluding hydrogens is 595 g/mol. The standard InChI is InChI=1S/C27H19BrClF5N2O2/c28-15-10-19-22(23(36-24(19)37)18-12-16(30)3-4-20(18)29)21(11-15)35-25(38)26(5-1-2-6-26)13-7-14(27(32,33)34)9-17(31)8-13/h3-4,7-12,23H,1-2,5-6H2,(H,35,38)(H,36,37)/t23-/m1/s1. The molecule has 3 aromatic carbocycles. The van der Waals surface area contributed by atoms with Gasteiger partial charge in [0.05, 0.1) is 17.0 Å². The molecule has 2 aliphatic rings. The zero-order valence-corrected chi connectivity index (χ0v) is 21.8. The van der Waals surface area contributed by atoms with E-state index in [1.54, 1.807) is 12.1 Å². The molecule has 1 heterocycles. The maximum atomic E-state index is 14.3. The highest BCUT2D eigenvalue weighted by molar-refractivity contribution is 9.10. The normalized spacial score (nSPS) is 18.3. The minimum Gasteiger partial charge on any atom is -0.341 e. The number of rotatable bonds is 4. The van der Waals surface area contributed by atoms with Gasteiger partial charge in [-0.2, -0.15) is 13.2 Å². The van der Waals surface area contributed by atoms with Crippen molar-refractivity contribution >= 4 is 45.0 Å². The number of hydrogen-bond donors (Lipinski definition) is 2. The Morgan fingerprint density at radius 2 is 1.74 bits per heavy atom. The predicted octanol–water partition coefficient (Wildman–Crippen LogP) is 7.68. The molecule has 1 aliphatic carbocycles. The van der Waals surface area contributed by atoms with Crippen LogP contribution in [0.15, 0.2) is 53.0 Å². The monoisotopic (exact) mass is 612 g/mol. The molecule has 0 saturated heterocycles. The van der Waals surface area contributed by atoms with Crippen LogP contribution in [0.1, 0.15) is 64.3 Å². The Kier molecular flexibility index (Phi) is 6.76. The van der Waals surface area contributed by atoms with Crippen LogP contribution in [0, 0.1) is 11.6 Å². The van der Waals surface area contributed by atoms with Crippen LogP contribution in [0.3, 0.4) is 0 Å². The first-order valence-electron chi connectivity index (χ1n) is 11.7. The quantitative estimate of drug-likeness (QED) is 0.297. The molecule has 0 radical (unpaired) electrons. The molecule has 1 fully saturated rings. The largest absolute Gasteiger partial charge is 0.416 e. The van der Waals surface area contributed by atoms with Crippen molar-refractivity contribution in [1.29, 1.82) is 0 Å². The van der Waals surface area contributed by atoms with Gasteiger partial charge in [-0.15, -0.1) is 0 Å². The molecule has 5 rings (SSSR count).